The smallest absolute Gasteiger partial charge is 0.262 e. The van der Waals surface area contributed by atoms with E-state index >= 15 is 0 Å². The van der Waals surface area contributed by atoms with E-state index in [4.69, 9.17) is 4.74 Å². The van der Waals surface area contributed by atoms with Gasteiger partial charge < -0.3 is 10.1 Å². The molecule has 2 aromatic rings. The van der Waals surface area contributed by atoms with Crippen molar-refractivity contribution in [3.63, 3.8) is 0 Å². The average Bonchev–Trinajstić information content (AvgIpc) is 3.45. The Kier molecular flexibility index (Phi) is 6.05. The fourth-order valence-corrected chi connectivity index (χ4v) is 4.35. The molecule has 2 N–H and O–H groups in total. The molecule has 0 aromatic heterocycles. The van der Waals surface area contributed by atoms with Gasteiger partial charge in [0.2, 0.25) is 10.0 Å². The predicted molar refractivity (Wildman–Crippen MR) is 109 cm³/mol. The number of ether oxygens (including phenoxy) is 1. The molecule has 3 rings (SSSR count). The van der Waals surface area contributed by atoms with Crippen molar-refractivity contribution in [3.05, 3.63) is 53.1 Å². The molecular formula is C21H26N2O4S. The highest BCUT2D eigenvalue weighted by atomic mass is 32.2. The number of aryl methyl sites for hydroxylation is 3. The van der Waals surface area contributed by atoms with Gasteiger partial charge >= 0.3 is 0 Å². The third kappa shape index (κ3) is 4.91. The predicted octanol–water partition coefficient (Wildman–Crippen LogP) is 3.32. The number of rotatable bonds is 8. The highest BCUT2D eigenvalue weighted by Gasteiger charge is 2.28. The van der Waals surface area contributed by atoms with Crippen LogP contribution in [0.3, 0.4) is 0 Å². The normalized spacial score (nSPS) is 14.0. The lowest BCUT2D eigenvalue weighted by molar-refractivity contribution is -0.118. The molecule has 6 nitrogen and oxygen atoms in total. The van der Waals surface area contributed by atoms with E-state index < -0.39 is 10.0 Å². The second kappa shape index (κ2) is 8.32. The van der Waals surface area contributed by atoms with Crippen LogP contribution in [0.4, 0.5) is 5.69 Å². The topological polar surface area (TPSA) is 84.5 Å². The second-order valence-electron chi connectivity index (χ2n) is 7.12. The summed E-state index contributed by atoms with van der Waals surface area (Å²) in [5.74, 6) is 0.233. The molecular weight excluding hydrogens is 376 g/mol. The Morgan fingerprint density at radius 2 is 1.89 bits per heavy atom. The molecule has 7 heteroatoms. The van der Waals surface area contributed by atoms with Crippen LogP contribution in [0.2, 0.25) is 0 Å². The summed E-state index contributed by atoms with van der Waals surface area (Å²) in [6, 6.07) is 10.6. The zero-order valence-corrected chi connectivity index (χ0v) is 17.2. The van der Waals surface area contributed by atoms with Crippen LogP contribution in [-0.2, 0) is 21.2 Å². The van der Waals surface area contributed by atoms with Crippen LogP contribution < -0.4 is 14.8 Å². The molecule has 150 valence electrons. The number of anilines is 1. The molecule has 0 unspecified atom stereocenters. The lowest BCUT2D eigenvalue weighted by atomic mass is 10.1. The first-order valence-electron chi connectivity index (χ1n) is 9.44. The highest BCUT2D eigenvalue weighted by molar-refractivity contribution is 7.89. The van der Waals surface area contributed by atoms with Crippen LogP contribution in [0.1, 0.15) is 36.5 Å². The van der Waals surface area contributed by atoms with Gasteiger partial charge in [-0.05, 0) is 68.0 Å². The molecule has 1 aliphatic carbocycles. The minimum absolute atomic E-state index is 0.0550. The third-order valence-corrected chi connectivity index (χ3v) is 6.24. The van der Waals surface area contributed by atoms with Crippen molar-refractivity contribution in [2.45, 2.75) is 51.0 Å². The van der Waals surface area contributed by atoms with Crippen molar-refractivity contribution in [2.75, 3.05) is 11.9 Å². The molecule has 0 bridgehead atoms. The number of nitrogens with one attached hydrogen (secondary N) is 2. The number of hydrogen-bond acceptors (Lipinski definition) is 4. The minimum Gasteiger partial charge on any atom is -0.483 e. The van der Waals surface area contributed by atoms with E-state index in [0.717, 1.165) is 36.1 Å². The van der Waals surface area contributed by atoms with E-state index in [2.05, 4.69) is 10.0 Å². The summed E-state index contributed by atoms with van der Waals surface area (Å²) in [5, 5.41) is 2.91. The SMILES string of the molecule is CCc1cccc(C)c1NC(=O)COc1ccc(S(=O)(=O)NC2CC2)cc1C. The first-order chi connectivity index (χ1) is 13.3. The monoisotopic (exact) mass is 402 g/mol. The van der Waals surface area contributed by atoms with E-state index in [1.165, 1.54) is 6.07 Å². The van der Waals surface area contributed by atoms with E-state index in [1.807, 2.05) is 32.0 Å². The number of carbonyl (C=O) groups is 1. The van der Waals surface area contributed by atoms with Crippen molar-refractivity contribution in [1.82, 2.24) is 4.72 Å². The van der Waals surface area contributed by atoms with Gasteiger partial charge in [0.15, 0.2) is 6.61 Å². The zero-order chi connectivity index (χ0) is 20.3. The maximum Gasteiger partial charge on any atom is 0.262 e. The molecule has 0 spiro atoms. The molecule has 28 heavy (non-hydrogen) atoms. The van der Waals surface area contributed by atoms with Gasteiger partial charge in [-0.15, -0.1) is 0 Å². The molecule has 1 fully saturated rings. The number of para-hydroxylation sites is 1. The van der Waals surface area contributed by atoms with Gasteiger partial charge in [-0.1, -0.05) is 25.1 Å². The van der Waals surface area contributed by atoms with E-state index in [1.54, 1.807) is 19.1 Å². The van der Waals surface area contributed by atoms with E-state index in [-0.39, 0.29) is 23.5 Å². The summed E-state index contributed by atoms with van der Waals surface area (Å²) in [6.07, 6.45) is 2.59. The minimum atomic E-state index is -3.51. The molecule has 0 radical (unpaired) electrons. The molecule has 0 aliphatic heterocycles. The Labute approximate surface area is 166 Å². The number of sulfonamides is 1. The number of benzene rings is 2. The van der Waals surface area contributed by atoms with Crippen LogP contribution in [0.5, 0.6) is 5.75 Å². The quantitative estimate of drug-likeness (QED) is 0.709. The van der Waals surface area contributed by atoms with Crippen molar-refractivity contribution in [1.29, 1.82) is 0 Å². The third-order valence-electron chi connectivity index (χ3n) is 4.72. The maximum atomic E-state index is 12.3. The molecule has 1 aliphatic rings. The Hall–Kier alpha value is -2.38. The molecule has 1 amide bonds. The summed E-state index contributed by atoms with van der Waals surface area (Å²) in [4.78, 5) is 12.5. The van der Waals surface area contributed by atoms with Crippen LogP contribution >= 0.6 is 0 Å². The Balaban J connectivity index is 1.64. The van der Waals surface area contributed by atoms with Gasteiger partial charge in [0.1, 0.15) is 5.75 Å². The summed E-state index contributed by atoms with van der Waals surface area (Å²) >= 11 is 0. The van der Waals surface area contributed by atoms with Gasteiger partial charge in [-0.3, -0.25) is 4.79 Å². The van der Waals surface area contributed by atoms with Crippen molar-refractivity contribution < 1.29 is 17.9 Å². The van der Waals surface area contributed by atoms with Crippen molar-refractivity contribution in [2.24, 2.45) is 0 Å². The summed E-state index contributed by atoms with van der Waals surface area (Å²) in [7, 11) is -3.51. The number of carbonyl (C=O) groups excluding carboxylic acids is 1. The van der Waals surface area contributed by atoms with Crippen molar-refractivity contribution >= 4 is 21.6 Å². The number of hydrogen-bond donors (Lipinski definition) is 2. The second-order valence-corrected chi connectivity index (χ2v) is 8.84. The van der Waals surface area contributed by atoms with Gasteiger partial charge in [0.25, 0.3) is 5.91 Å². The largest absolute Gasteiger partial charge is 0.483 e. The number of amides is 1. The van der Waals surface area contributed by atoms with E-state index in [0.29, 0.717) is 11.3 Å². The molecule has 0 heterocycles. The van der Waals surface area contributed by atoms with Crippen molar-refractivity contribution in [3.8, 4) is 5.75 Å². The van der Waals surface area contributed by atoms with Gasteiger partial charge in [-0.2, -0.15) is 0 Å². The average molecular weight is 403 g/mol. The van der Waals surface area contributed by atoms with Crippen LogP contribution in [0.15, 0.2) is 41.3 Å². The molecule has 1 saturated carbocycles. The van der Waals surface area contributed by atoms with Gasteiger partial charge in [0, 0.05) is 11.7 Å². The Bertz CT molecular complexity index is 982. The standard InChI is InChI=1S/C21H26N2O4S/c1-4-16-7-5-6-14(2)21(16)22-20(24)13-27-19-11-10-18(12-15(19)3)28(25,26)23-17-8-9-17/h5-7,10-12,17,23H,4,8-9,13H2,1-3H3,(H,22,24). The van der Waals surface area contributed by atoms with Gasteiger partial charge in [0.05, 0.1) is 4.90 Å². The van der Waals surface area contributed by atoms with Gasteiger partial charge in [-0.25, -0.2) is 13.1 Å². The first kappa shape index (κ1) is 20.4. The summed E-state index contributed by atoms with van der Waals surface area (Å²) in [5.41, 5.74) is 3.56. The molecule has 0 saturated heterocycles. The summed E-state index contributed by atoms with van der Waals surface area (Å²) < 4.78 is 32.9. The van der Waals surface area contributed by atoms with E-state index in [9.17, 15) is 13.2 Å². The first-order valence-corrected chi connectivity index (χ1v) is 10.9. The maximum absolute atomic E-state index is 12.3. The zero-order valence-electron chi connectivity index (χ0n) is 16.4. The van der Waals surface area contributed by atoms with Crippen LogP contribution in [0, 0.1) is 13.8 Å². The lowest BCUT2D eigenvalue weighted by Crippen LogP contribution is -2.25. The fourth-order valence-electron chi connectivity index (χ4n) is 2.96. The molecule has 2 aromatic carbocycles. The van der Waals surface area contributed by atoms with Crippen LogP contribution in [-0.4, -0.2) is 27.0 Å². The van der Waals surface area contributed by atoms with Crippen LogP contribution in [0.25, 0.3) is 0 Å². The Morgan fingerprint density at radius 1 is 1.14 bits per heavy atom. The Morgan fingerprint density at radius 3 is 2.54 bits per heavy atom. The fraction of sp³-hybridized carbons (Fsp3) is 0.381. The summed E-state index contributed by atoms with van der Waals surface area (Å²) in [6.45, 7) is 5.61. The lowest BCUT2D eigenvalue weighted by Gasteiger charge is -2.14. The molecule has 0 atom stereocenters. The highest BCUT2D eigenvalue weighted by Crippen LogP contribution is 2.26.